The maximum Gasteiger partial charge on any atom is 0.294 e. The second kappa shape index (κ2) is 17.1. The first kappa shape index (κ1) is 34.3. The molecule has 0 saturated carbocycles. The van der Waals surface area contributed by atoms with Crippen LogP contribution in [0.4, 0.5) is 0 Å². The van der Waals surface area contributed by atoms with Gasteiger partial charge in [0.05, 0.1) is 62.6 Å². The lowest BCUT2D eigenvalue weighted by molar-refractivity contribution is -0.00336. The predicted octanol–water partition coefficient (Wildman–Crippen LogP) is 4.38. The summed E-state index contributed by atoms with van der Waals surface area (Å²) >= 11 is 0. The molecular formula is C28H42O10S2. The van der Waals surface area contributed by atoms with Crippen molar-refractivity contribution in [3.63, 3.8) is 0 Å². The summed E-state index contributed by atoms with van der Waals surface area (Å²) in [5.74, 6) is -0.161. The Hall–Kier alpha value is -1.90. The summed E-state index contributed by atoms with van der Waals surface area (Å²) in [6.07, 6.45) is 2.95. The van der Waals surface area contributed by atoms with E-state index in [2.05, 4.69) is 6.92 Å². The average Bonchev–Trinajstić information content (AvgIpc) is 2.87. The minimum atomic E-state index is -4.33. The van der Waals surface area contributed by atoms with Gasteiger partial charge in [-0.2, -0.15) is 16.8 Å². The van der Waals surface area contributed by atoms with E-state index < -0.39 is 20.2 Å². The standard InChI is InChI=1S/C28H42O10S2/c1-4-5-6-25(26-20-23(3)8-10-28(26)40(32,33)34)21-38-18-17-37-16-15-36-14-13-35-12-11-24-19-22(2)7-9-27(24)39(29,30)31/h7-10,19-20,25H,4-6,11-18,21H2,1-3H3,(H,29,30,31)(H,32,33,34). The van der Waals surface area contributed by atoms with Crippen molar-refractivity contribution >= 4 is 20.2 Å². The van der Waals surface area contributed by atoms with E-state index in [9.17, 15) is 25.9 Å². The minimum Gasteiger partial charge on any atom is -0.379 e. The third kappa shape index (κ3) is 12.3. The Bertz CT molecular complexity index is 1260. The van der Waals surface area contributed by atoms with Gasteiger partial charge < -0.3 is 18.9 Å². The smallest absolute Gasteiger partial charge is 0.294 e. The summed E-state index contributed by atoms with van der Waals surface area (Å²) < 4.78 is 88.1. The van der Waals surface area contributed by atoms with Crippen LogP contribution < -0.4 is 0 Å². The highest BCUT2D eigenvalue weighted by Gasteiger charge is 2.22. The SMILES string of the molecule is CCCCC(COCCOCCOCCOCCc1cc(C)ccc1S(=O)(=O)O)c1cc(C)ccc1S(=O)(=O)O. The van der Waals surface area contributed by atoms with Crippen LogP contribution in [-0.4, -0.2) is 78.8 Å². The molecule has 2 aromatic carbocycles. The largest absolute Gasteiger partial charge is 0.379 e. The predicted molar refractivity (Wildman–Crippen MR) is 151 cm³/mol. The summed E-state index contributed by atoms with van der Waals surface area (Å²) in [5.41, 5.74) is 2.89. The van der Waals surface area contributed by atoms with Gasteiger partial charge in [-0.3, -0.25) is 9.11 Å². The second-order valence-corrected chi connectivity index (χ2v) is 12.4. The molecule has 2 aromatic rings. The number of unbranched alkanes of at least 4 members (excludes halogenated alkanes) is 1. The second-order valence-electron chi connectivity index (χ2n) is 9.60. The van der Waals surface area contributed by atoms with E-state index in [0.717, 1.165) is 30.4 Å². The van der Waals surface area contributed by atoms with Gasteiger partial charge in [-0.15, -0.1) is 0 Å². The summed E-state index contributed by atoms with van der Waals surface area (Å²) in [6.45, 7) is 8.51. The molecule has 40 heavy (non-hydrogen) atoms. The van der Waals surface area contributed by atoms with Crippen LogP contribution in [0.1, 0.15) is 54.4 Å². The van der Waals surface area contributed by atoms with E-state index in [0.29, 0.717) is 63.8 Å². The first-order chi connectivity index (χ1) is 18.9. The molecule has 2 rings (SSSR count). The quantitative estimate of drug-likeness (QED) is 0.165. The lowest BCUT2D eigenvalue weighted by Gasteiger charge is -2.20. The summed E-state index contributed by atoms with van der Waals surface area (Å²) in [7, 11) is -8.61. The number of hydrogen-bond acceptors (Lipinski definition) is 8. The van der Waals surface area contributed by atoms with Crippen LogP contribution in [0, 0.1) is 13.8 Å². The third-order valence-electron chi connectivity index (χ3n) is 6.23. The Kier molecular flexibility index (Phi) is 14.7. The number of ether oxygens (including phenoxy) is 4. The van der Waals surface area contributed by atoms with Gasteiger partial charge >= 0.3 is 0 Å². The average molecular weight is 603 g/mol. The maximum absolute atomic E-state index is 11.9. The van der Waals surface area contributed by atoms with E-state index in [-0.39, 0.29) is 22.3 Å². The molecular weight excluding hydrogens is 560 g/mol. The monoisotopic (exact) mass is 602 g/mol. The molecule has 0 saturated heterocycles. The van der Waals surface area contributed by atoms with E-state index in [1.807, 2.05) is 13.8 Å². The van der Waals surface area contributed by atoms with E-state index in [4.69, 9.17) is 18.9 Å². The molecule has 0 aliphatic heterocycles. The van der Waals surface area contributed by atoms with Gasteiger partial charge in [0.25, 0.3) is 20.2 Å². The summed E-state index contributed by atoms with van der Waals surface area (Å²) in [5, 5.41) is 0. The van der Waals surface area contributed by atoms with Crippen molar-refractivity contribution in [2.45, 2.75) is 62.2 Å². The molecule has 0 aliphatic carbocycles. The van der Waals surface area contributed by atoms with Gasteiger partial charge in [-0.1, -0.05) is 55.2 Å². The molecule has 226 valence electrons. The number of hydrogen-bond donors (Lipinski definition) is 2. The Balaban J connectivity index is 1.62. The van der Waals surface area contributed by atoms with Crippen LogP contribution in [-0.2, 0) is 45.6 Å². The molecule has 0 bridgehead atoms. The first-order valence-corrected chi connectivity index (χ1v) is 16.3. The Labute approximate surface area is 238 Å². The Morgan fingerprint density at radius 3 is 1.75 bits per heavy atom. The molecule has 12 heteroatoms. The van der Waals surface area contributed by atoms with Crippen LogP contribution in [0.25, 0.3) is 0 Å². The Morgan fingerprint density at radius 1 is 0.700 bits per heavy atom. The number of aryl methyl sites for hydroxylation is 2. The van der Waals surface area contributed by atoms with E-state index in [1.54, 1.807) is 24.3 Å². The van der Waals surface area contributed by atoms with Gasteiger partial charge in [-0.25, -0.2) is 0 Å². The molecule has 0 radical (unpaired) electrons. The van der Waals surface area contributed by atoms with Crippen molar-refractivity contribution in [1.29, 1.82) is 0 Å². The Morgan fingerprint density at radius 2 is 1.20 bits per heavy atom. The van der Waals surface area contributed by atoms with Crippen LogP contribution in [0.3, 0.4) is 0 Å². The number of rotatable bonds is 20. The van der Waals surface area contributed by atoms with Crippen LogP contribution in [0.15, 0.2) is 46.2 Å². The highest BCUT2D eigenvalue weighted by Crippen LogP contribution is 2.29. The third-order valence-corrected chi connectivity index (χ3v) is 8.12. The van der Waals surface area contributed by atoms with Crippen molar-refractivity contribution in [3.05, 3.63) is 58.7 Å². The molecule has 0 amide bonds. The van der Waals surface area contributed by atoms with Gasteiger partial charge in [0.15, 0.2) is 0 Å². The van der Waals surface area contributed by atoms with Gasteiger partial charge in [0, 0.05) is 5.92 Å². The van der Waals surface area contributed by atoms with Crippen molar-refractivity contribution in [2.75, 3.05) is 52.9 Å². The van der Waals surface area contributed by atoms with Crippen molar-refractivity contribution < 1.29 is 44.9 Å². The summed E-state index contributed by atoms with van der Waals surface area (Å²) in [6, 6.07) is 9.64. The molecule has 0 spiro atoms. The lowest BCUT2D eigenvalue weighted by Crippen LogP contribution is -2.16. The minimum absolute atomic E-state index is 0.0711. The van der Waals surface area contributed by atoms with Crippen LogP contribution in [0.5, 0.6) is 0 Å². The van der Waals surface area contributed by atoms with Gasteiger partial charge in [0.2, 0.25) is 0 Å². The molecule has 10 nitrogen and oxygen atoms in total. The van der Waals surface area contributed by atoms with Crippen molar-refractivity contribution in [1.82, 2.24) is 0 Å². The van der Waals surface area contributed by atoms with E-state index in [1.165, 1.54) is 12.1 Å². The van der Waals surface area contributed by atoms with Gasteiger partial charge in [-0.05, 0) is 49.9 Å². The molecule has 2 N–H and O–H groups in total. The number of benzene rings is 2. The maximum atomic E-state index is 11.9. The topological polar surface area (TPSA) is 146 Å². The zero-order chi connectivity index (χ0) is 29.6. The molecule has 0 aromatic heterocycles. The van der Waals surface area contributed by atoms with Crippen LogP contribution in [0.2, 0.25) is 0 Å². The van der Waals surface area contributed by atoms with E-state index >= 15 is 0 Å². The molecule has 0 heterocycles. The van der Waals surface area contributed by atoms with Crippen molar-refractivity contribution in [3.8, 4) is 0 Å². The highest BCUT2D eigenvalue weighted by molar-refractivity contribution is 7.86. The lowest BCUT2D eigenvalue weighted by atomic mass is 9.93. The summed E-state index contributed by atoms with van der Waals surface area (Å²) in [4.78, 5) is -0.174. The fraction of sp³-hybridized carbons (Fsp3) is 0.571. The fourth-order valence-electron chi connectivity index (χ4n) is 4.22. The molecule has 0 aliphatic rings. The van der Waals surface area contributed by atoms with Crippen molar-refractivity contribution in [2.24, 2.45) is 0 Å². The zero-order valence-corrected chi connectivity index (χ0v) is 25.1. The van der Waals surface area contributed by atoms with Crippen LogP contribution >= 0.6 is 0 Å². The fourth-order valence-corrected chi connectivity index (χ4v) is 5.72. The molecule has 1 unspecified atom stereocenters. The first-order valence-electron chi connectivity index (χ1n) is 13.4. The molecule has 1 atom stereocenters. The molecule has 0 fully saturated rings. The van der Waals surface area contributed by atoms with Gasteiger partial charge in [0.1, 0.15) is 0 Å². The zero-order valence-electron chi connectivity index (χ0n) is 23.5. The normalized spacial score (nSPS) is 13.0. The highest BCUT2D eigenvalue weighted by atomic mass is 32.2.